The van der Waals surface area contributed by atoms with Crippen LogP contribution in [0.2, 0.25) is 0 Å². The average molecular weight is 184 g/mol. The van der Waals surface area contributed by atoms with Crippen molar-refractivity contribution in [2.24, 2.45) is 0 Å². The summed E-state index contributed by atoms with van der Waals surface area (Å²) in [6.45, 7) is 5.74. The maximum absolute atomic E-state index is 11.4. The monoisotopic (exact) mass is 184 g/mol. The summed E-state index contributed by atoms with van der Waals surface area (Å²) in [4.78, 5) is 11.4. The minimum atomic E-state index is 0.226. The fourth-order valence-corrected chi connectivity index (χ4v) is 1.66. The smallest absolute Gasteiger partial charge is 0.168 e. The highest BCUT2D eigenvalue weighted by atomic mass is 16.1. The molecule has 0 fully saturated rings. The molecule has 0 saturated heterocycles. The standard InChI is InChI=1S/C13H12O/c1-3-10-8-12(14)13(10)11-6-4-9(2)5-7-11/h3-7H,1,8H2,2H3. The van der Waals surface area contributed by atoms with E-state index < -0.39 is 0 Å². The van der Waals surface area contributed by atoms with Gasteiger partial charge in [-0.2, -0.15) is 0 Å². The Labute approximate surface area is 83.8 Å². The van der Waals surface area contributed by atoms with E-state index in [1.54, 1.807) is 6.08 Å². The first-order chi connectivity index (χ1) is 6.72. The van der Waals surface area contributed by atoms with Crippen LogP contribution in [0.4, 0.5) is 0 Å². The van der Waals surface area contributed by atoms with E-state index in [0.29, 0.717) is 6.42 Å². The van der Waals surface area contributed by atoms with Crippen LogP contribution in [0.15, 0.2) is 42.5 Å². The van der Waals surface area contributed by atoms with Crippen molar-refractivity contribution in [2.45, 2.75) is 13.3 Å². The molecule has 0 aliphatic heterocycles. The summed E-state index contributed by atoms with van der Waals surface area (Å²) in [5.74, 6) is 0.226. The lowest BCUT2D eigenvalue weighted by molar-refractivity contribution is -0.114. The van der Waals surface area contributed by atoms with Crippen LogP contribution in [0.3, 0.4) is 0 Å². The Bertz CT molecular complexity index is 421. The highest BCUT2D eigenvalue weighted by Crippen LogP contribution is 2.33. The number of aryl methyl sites for hydroxylation is 1. The van der Waals surface area contributed by atoms with Gasteiger partial charge in [-0.05, 0) is 18.1 Å². The SMILES string of the molecule is C=CC1=C(c2ccc(C)cc2)C(=O)C1. The molecule has 2 rings (SSSR count). The number of carbonyl (C=O) groups excluding carboxylic acids is 1. The van der Waals surface area contributed by atoms with Gasteiger partial charge in [0.1, 0.15) is 0 Å². The van der Waals surface area contributed by atoms with Gasteiger partial charge in [0.2, 0.25) is 0 Å². The molecule has 1 aromatic rings. The van der Waals surface area contributed by atoms with E-state index in [1.807, 2.05) is 31.2 Å². The van der Waals surface area contributed by atoms with Crippen LogP contribution >= 0.6 is 0 Å². The van der Waals surface area contributed by atoms with Crippen LogP contribution in [0.25, 0.3) is 5.57 Å². The van der Waals surface area contributed by atoms with E-state index in [1.165, 1.54) is 5.56 Å². The molecule has 14 heavy (non-hydrogen) atoms. The van der Waals surface area contributed by atoms with Crippen LogP contribution in [-0.2, 0) is 4.79 Å². The van der Waals surface area contributed by atoms with Gasteiger partial charge in [0, 0.05) is 12.0 Å². The fourth-order valence-electron chi connectivity index (χ4n) is 1.66. The van der Waals surface area contributed by atoms with Gasteiger partial charge >= 0.3 is 0 Å². The molecule has 1 aromatic carbocycles. The minimum absolute atomic E-state index is 0.226. The van der Waals surface area contributed by atoms with E-state index in [4.69, 9.17) is 0 Å². The molecule has 0 amide bonds. The van der Waals surface area contributed by atoms with Crippen LogP contribution in [-0.4, -0.2) is 5.78 Å². The zero-order valence-corrected chi connectivity index (χ0v) is 8.21. The van der Waals surface area contributed by atoms with Gasteiger partial charge in [-0.3, -0.25) is 4.79 Å². The molecule has 1 heteroatoms. The van der Waals surface area contributed by atoms with Crippen molar-refractivity contribution in [1.29, 1.82) is 0 Å². The topological polar surface area (TPSA) is 17.1 Å². The Morgan fingerprint density at radius 3 is 2.43 bits per heavy atom. The summed E-state index contributed by atoms with van der Waals surface area (Å²) in [6.07, 6.45) is 2.32. The van der Waals surface area contributed by atoms with E-state index in [9.17, 15) is 4.79 Å². The van der Waals surface area contributed by atoms with Gasteiger partial charge in [0.15, 0.2) is 5.78 Å². The minimum Gasteiger partial charge on any atom is -0.294 e. The van der Waals surface area contributed by atoms with Crippen molar-refractivity contribution in [3.8, 4) is 0 Å². The Kier molecular flexibility index (Phi) is 2.08. The Balaban J connectivity index is 2.45. The lowest BCUT2D eigenvalue weighted by Gasteiger charge is -2.20. The van der Waals surface area contributed by atoms with Crippen molar-refractivity contribution < 1.29 is 4.79 Å². The van der Waals surface area contributed by atoms with Crippen LogP contribution in [0.5, 0.6) is 0 Å². The zero-order valence-electron chi connectivity index (χ0n) is 8.21. The first kappa shape index (κ1) is 8.95. The van der Waals surface area contributed by atoms with Gasteiger partial charge in [0.05, 0.1) is 0 Å². The molecule has 1 aliphatic carbocycles. The Morgan fingerprint density at radius 2 is 1.93 bits per heavy atom. The lowest BCUT2D eigenvalue weighted by atomic mass is 9.82. The summed E-state index contributed by atoms with van der Waals surface area (Å²) in [5, 5.41) is 0. The second-order valence-electron chi connectivity index (χ2n) is 3.57. The van der Waals surface area contributed by atoms with E-state index in [-0.39, 0.29) is 5.78 Å². The normalized spacial score (nSPS) is 15.4. The van der Waals surface area contributed by atoms with Crippen molar-refractivity contribution in [2.75, 3.05) is 0 Å². The molecule has 0 spiro atoms. The lowest BCUT2D eigenvalue weighted by Crippen LogP contribution is -2.15. The molecule has 70 valence electrons. The number of benzene rings is 1. The molecule has 0 heterocycles. The molecule has 1 aliphatic rings. The summed E-state index contributed by atoms with van der Waals surface area (Å²) in [5.41, 5.74) is 4.14. The van der Waals surface area contributed by atoms with Crippen LogP contribution in [0, 0.1) is 6.92 Å². The number of rotatable bonds is 2. The molecule has 0 atom stereocenters. The number of hydrogen-bond donors (Lipinski definition) is 0. The molecule has 0 radical (unpaired) electrons. The van der Waals surface area contributed by atoms with Gasteiger partial charge in [-0.15, -0.1) is 0 Å². The molecule has 0 N–H and O–H groups in total. The van der Waals surface area contributed by atoms with Gasteiger partial charge in [-0.25, -0.2) is 0 Å². The summed E-state index contributed by atoms with van der Waals surface area (Å²) >= 11 is 0. The van der Waals surface area contributed by atoms with E-state index >= 15 is 0 Å². The van der Waals surface area contributed by atoms with Gasteiger partial charge in [0.25, 0.3) is 0 Å². The second-order valence-corrected chi connectivity index (χ2v) is 3.57. The number of allylic oxidation sites excluding steroid dienone is 3. The molecule has 1 nitrogen and oxygen atoms in total. The predicted molar refractivity (Wildman–Crippen MR) is 57.9 cm³/mol. The van der Waals surface area contributed by atoms with Crippen molar-refractivity contribution in [1.82, 2.24) is 0 Å². The maximum atomic E-state index is 11.4. The Morgan fingerprint density at radius 1 is 1.29 bits per heavy atom. The second kappa shape index (κ2) is 3.26. The predicted octanol–water partition coefficient (Wildman–Crippen LogP) is 2.91. The molecular formula is C13H12O. The van der Waals surface area contributed by atoms with E-state index in [2.05, 4.69) is 6.58 Å². The summed E-state index contributed by atoms with van der Waals surface area (Å²) in [7, 11) is 0. The third-order valence-electron chi connectivity index (χ3n) is 2.54. The van der Waals surface area contributed by atoms with Crippen LogP contribution < -0.4 is 0 Å². The highest BCUT2D eigenvalue weighted by Gasteiger charge is 2.25. The van der Waals surface area contributed by atoms with Crippen molar-refractivity contribution >= 4 is 11.4 Å². The Hall–Kier alpha value is -1.63. The third kappa shape index (κ3) is 1.31. The van der Waals surface area contributed by atoms with Crippen molar-refractivity contribution in [3.05, 3.63) is 53.6 Å². The molecule has 0 unspecified atom stereocenters. The van der Waals surface area contributed by atoms with Crippen molar-refractivity contribution in [3.63, 3.8) is 0 Å². The maximum Gasteiger partial charge on any atom is 0.168 e. The van der Waals surface area contributed by atoms with E-state index in [0.717, 1.165) is 16.7 Å². The molecule has 0 aromatic heterocycles. The number of carbonyl (C=O) groups is 1. The number of Topliss-reactive ketones (excluding diaryl/α,β-unsaturated/α-hetero) is 1. The molecule has 0 bridgehead atoms. The summed E-state index contributed by atoms with van der Waals surface area (Å²) in [6, 6.07) is 8.03. The first-order valence-electron chi connectivity index (χ1n) is 4.68. The fraction of sp³-hybridized carbons (Fsp3) is 0.154. The average Bonchev–Trinajstić information content (AvgIpc) is 2.17. The zero-order chi connectivity index (χ0) is 10.1. The van der Waals surface area contributed by atoms with Crippen LogP contribution in [0.1, 0.15) is 17.5 Å². The number of ketones is 1. The molecular weight excluding hydrogens is 172 g/mol. The van der Waals surface area contributed by atoms with Gasteiger partial charge < -0.3 is 0 Å². The third-order valence-corrected chi connectivity index (χ3v) is 2.54. The number of hydrogen-bond acceptors (Lipinski definition) is 1. The molecule has 0 saturated carbocycles. The first-order valence-corrected chi connectivity index (χ1v) is 4.68. The van der Waals surface area contributed by atoms with Gasteiger partial charge in [-0.1, -0.05) is 42.5 Å². The largest absolute Gasteiger partial charge is 0.294 e. The highest BCUT2D eigenvalue weighted by molar-refractivity contribution is 6.29. The quantitative estimate of drug-likeness (QED) is 0.690. The summed E-state index contributed by atoms with van der Waals surface area (Å²) < 4.78 is 0.